The van der Waals surface area contributed by atoms with Crippen LogP contribution in [0, 0.1) is 6.92 Å². The van der Waals surface area contributed by atoms with E-state index >= 15 is 0 Å². The molecule has 0 bridgehead atoms. The van der Waals surface area contributed by atoms with Gasteiger partial charge in [-0.1, -0.05) is 6.07 Å². The number of aryl methyl sites for hydroxylation is 1. The van der Waals surface area contributed by atoms with E-state index in [9.17, 15) is 9.59 Å². The van der Waals surface area contributed by atoms with Gasteiger partial charge in [-0.05, 0) is 25.3 Å². The standard InChI is InChI=1S/C15H14N4O3S2/c1-3-22-14(21)13(20)17-12-7-9(2)18-19(12)15-16-10(8-24-15)11-5-4-6-23-11/h4-8H,3H2,1-2H3,(H,17,20). The van der Waals surface area contributed by atoms with Crippen LogP contribution >= 0.6 is 22.7 Å². The third kappa shape index (κ3) is 3.36. The number of hydrogen-bond donors (Lipinski definition) is 1. The van der Waals surface area contributed by atoms with Crippen molar-refractivity contribution >= 4 is 40.4 Å². The number of thiazole rings is 1. The quantitative estimate of drug-likeness (QED) is 0.570. The first-order valence-electron chi connectivity index (χ1n) is 7.13. The van der Waals surface area contributed by atoms with E-state index in [1.165, 1.54) is 16.0 Å². The number of thiophene rings is 1. The second-order valence-electron chi connectivity index (χ2n) is 4.75. The number of esters is 1. The zero-order valence-corrected chi connectivity index (χ0v) is 14.6. The Labute approximate surface area is 145 Å². The number of anilines is 1. The molecule has 0 radical (unpaired) electrons. The zero-order chi connectivity index (χ0) is 17.1. The Bertz CT molecular complexity index is 867. The highest BCUT2D eigenvalue weighted by molar-refractivity contribution is 7.15. The predicted octanol–water partition coefficient (Wildman–Crippen LogP) is 2.87. The highest BCUT2D eigenvalue weighted by atomic mass is 32.1. The summed E-state index contributed by atoms with van der Waals surface area (Å²) in [5.41, 5.74) is 1.54. The number of hydrogen-bond acceptors (Lipinski definition) is 7. The molecular weight excluding hydrogens is 348 g/mol. The molecule has 3 aromatic rings. The summed E-state index contributed by atoms with van der Waals surface area (Å²) < 4.78 is 6.20. The van der Waals surface area contributed by atoms with E-state index in [4.69, 9.17) is 0 Å². The smallest absolute Gasteiger partial charge is 0.397 e. The molecule has 0 saturated carbocycles. The van der Waals surface area contributed by atoms with E-state index in [0.29, 0.717) is 16.6 Å². The number of rotatable bonds is 4. The first kappa shape index (κ1) is 16.3. The molecule has 0 aliphatic heterocycles. The predicted molar refractivity (Wildman–Crippen MR) is 92.5 cm³/mol. The van der Waals surface area contributed by atoms with E-state index in [1.54, 1.807) is 31.3 Å². The van der Waals surface area contributed by atoms with Gasteiger partial charge in [0.2, 0.25) is 5.13 Å². The monoisotopic (exact) mass is 362 g/mol. The van der Waals surface area contributed by atoms with Crippen LogP contribution in [0.15, 0.2) is 29.0 Å². The van der Waals surface area contributed by atoms with Gasteiger partial charge in [-0.3, -0.25) is 4.79 Å². The first-order chi connectivity index (χ1) is 11.6. The molecule has 9 heteroatoms. The molecule has 0 atom stereocenters. The van der Waals surface area contributed by atoms with Gasteiger partial charge in [0.15, 0.2) is 0 Å². The van der Waals surface area contributed by atoms with Crippen molar-refractivity contribution < 1.29 is 14.3 Å². The Morgan fingerprint density at radius 1 is 1.38 bits per heavy atom. The molecule has 124 valence electrons. The zero-order valence-electron chi connectivity index (χ0n) is 13.0. The second kappa shape index (κ2) is 6.93. The molecule has 3 rings (SSSR count). The van der Waals surface area contributed by atoms with Crippen LogP contribution in [-0.2, 0) is 14.3 Å². The Hall–Kier alpha value is -2.52. The molecular formula is C15H14N4O3S2. The van der Waals surface area contributed by atoms with Gasteiger partial charge in [0.25, 0.3) is 0 Å². The maximum Gasteiger partial charge on any atom is 0.397 e. The van der Waals surface area contributed by atoms with Crippen LogP contribution in [0.1, 0.15) is 12.6 Å². The minimum atomic E-state index is -0.929. The molecule has 3 aromatic heterocycles. The Balaban J connectivity index is 1.87. The van der Waals surface area contributed by atoms with Crippen molar-refractivity contribution in [1.82, 2.24) is 14.8 Å². The lowest BCUT2D eigenvalue weighted by atomic mass is 10.4. The summed E-state index contributed by atoms with van der Waals surface area (Å²) in [5, 5.41) is 11.4. The van der Waals surface area contributed by atoms with Crippen LogP contribution in [0.25, 0.3) is 15.7 Å². The molecule has 0 spiro atoms. The summed E-state index contributed by atoms with van der Waals surface area (Å²) in [7, 11) is 0. The molecule has 7 nitrogen and oxygen atoms in total. The van der Waals surface area contributed by atoms with Crippen LogP contribution in [-0.4, -0.2) is 33.2 Å². The van der Waals surface area contributed by atoms with E-state index in [0.717, 1.165) is 10.6 Å². The van der Waals surface area contributed by atoms with Crippen LogP contribution in [0.4, 0.5) is 5.82 Å². The van der Waals surface area contributed by atoms with Crippen LogP contribution in [0.3, 0.4) is 0 Å². The highest BCUT2D eigenvalue weighted by Crippen LogP contribution is 2.29. The largest absolute Gasteiger partial charge is 0.459 e. The average Bonchev–Trinajstić information content (AvgIpc) is 3.26. The van der Waals surface area contributed by atoms with Crippen molar-refractivity contribution in [3.05, 3.63) is 34.7 Å². The summed E-state index contributed by atoms with van der Waals surface area (Å²) >= 11 is 3.00. The molecule has 0 unspecified atom stereocenters. The average molecular weight is 362 g/mol. The van der Waals surface area contributed by atoms with Crippen molar-refractivity contribution in [3.63, 3.8) is 0 Å². The van der Waals surface area contributed by atoms with Crippen LogP contribution in [0.5, 0.6) is 0 Å². The van der Waals surface area contributed by atoms with Crippen molar-refractivity contribution in [2.24, 2.45) is 0 Å². The lowest BCUT2D eigenvalue weighted by molar-refractivity contribution is -0.152. The number of aromatic nitrogens is 3. The fraction of sp³-hybridized carbons (Fsp3) is 0.200. The number of nitrogens with one attached hydrogen (secondary N) is 1. The summed E-state index contributed by atoms with van der Waals surface area (Å²) in [5.74, 6) is -1.40. The van der Waals surface area contributed by atoms with E-state index in [1.807, 2.05) is 22.9 Å². The molecule has 1 N–H and O–H groups in total. The number of amides is 1. The normalized spacial score (nSPS) is 10.6. The second-order valence-corrected chi connectivity index (χ2v) is 6.53. The third-order valence-corrected chi connectivity index (χ3v) is 4.69. The minimum Gasteiger partial charge on any atom is -0.459 e. The fourth-order valence-electron chi connectivity index (χ4n) is 2.00. The molecule has 0 fully saturated rings. The number of nitrogens with zero attached hydrogens (tertiary/aromatic N) is 3. The van der Waals surface area contributed by atoms with Gasteiger partial charge in [0.1, 0.15) is 5.82 Å². The molecule has 3 heterocycles. The first-order valence-corrected chi connectivity index (χ1v) is 8.89. The maximum absolute atomic E-state index is 11.8. The molecule has 24 heavy (non-hydrogen) atoms. The van der Waals surface area contributed by atoms with Gasteiger partial charge in [0, 0.05) is 11.4 Å². The van der Waals surface area contributed by atoms with Gasteiger partial charge in [0.05, 0.1) is 22.9 Å². The van der Waals surface area contributed by atoms with Gasteiger partial charge in [-0.25, -0.2) is 9.78 Å². The Morgan fingerprint density at radius 2 is 2.21 bits per heavy atom. The Kier molecular flexibility index (Phi) is 4.72. The molecule has 1 amide bonds. The van der Waals surface area contributed by atoms with Crippen LogP contribution < -0.4 is 5.32 Å². The summed E-state index contributed by atoms with van der Waals surface area (Å²) in [6, 6.07) is 5.62. The fourth-order valence-corrected chi connectivity index (χ4v) is 3.54. The number of ether oxygens (including phenoxy) is 1. The molecule has 0 aliphatic carbocycles. The third-order valence-electron chi connectivity index (χ3n) is 2.98. The summed E-state index contributed by atoms with van der Waals surface area (Å²) in [6.45, 7) is 3.58. The highest BCUT2D eigenvalue weighted by Gasteiger charge is 2.19. The van der Waals surface area contributed by atoms with Crippen molar-refractivity contribution in [3.8, 4) is 15.7 Å². The van der Waals surface area contributed by atoms with Crippen molar-refractivity contribution in [2.45, 2.75) is 13.8 Å². The van der Waals surface area contributed by atoms with E-state index in [-0.39, 0.29) is 6.61 Å². The van der Waals surface area contributed by atoms with E-state index in [2.05, 4.69) is 20.1 Å². The van der Waals surface area contributed by atoms with Crippen LogP contribution in [0.2, 0.25) is 0 Å². The van der Waals surface area contributed by atoms with Gasteiger partial charge < -0.3 is 10.1 Å². The minimum absolute atomic E-state index is 0.140. The topological polar surface area (TPSA) is 86.1 Å². The molecule has 0 aromatic carbocycles. The number of carbonyl (C=O) groups excluding carboxylic acids is 2. The van der Waals surface area contributed by atoms with Gasteiger partial charge >= 0.3 is 11.9 Å². The van der Waals surface area contributed by atoms with Gasteiger partial charge in [-0.2, -0.15) is 9.78 Å². The SMILES string of the molecule is CCOC(=O)C(=O)Nc1cc(C)nn1-c1nc(-c2cccs2)cs1. The van der Waals surface area contributed by atoms with E-state index < -0.39 is 11.9 Å². The lowest BCUT2D eigenvalue weighted by Crippen LogP contribution is -2.26. The van der Waals surface area contributed by atoms with Crippen molar-refractivity contribution in [1.29, 1.82) is 0 Å². The number of carbonyl (C=O) groups is 2. The van der Waals surface area contributed by atoms with Gasteiger partial charge in [-0.15, -0.1) is 22.7 Å². The summed E-state index contributed by atoms with van der Waals surface area (Å²) in [6.07, 6.45) is 0. The molecule has 0 aliphatic rings. The lowest BCUT2D eigenvalue weighted by Gasteiger charge is -2.05. The maximum atomic E-state index is 11.8. The Morgan fingerprint density at radius 3 is 2.92 bits per heavy atom. The summed E-state index contributed by atoms with van der Waals surface area (Å²) in [4.78, 5) is 28.9. The molecule has 0 saturated heterocycles. The van der Waals surface area contributed by atoms with Crippen molar-refractivity contribution in [2.75, 3.05) is 11.9 Å².